The SMILES string of the molecule is N#Cc1ccnc(Nc2cc(C3CC3)cc(-c3ccc(CN4CCNC(=O)C4)nc3)n2)c1. The zero-order valence-electron chi connectivity index (χ0n) is 17.6. The van der Waals surface area contributed by atoms with Gasteiger partial charge in [-0.05, 0) is 60.7 Å². The maximum absolute atomic E-state index is 11.6. The molecule has 3 aromatic rings. The summed E-state index contributed by atoms with van der Waals surface area (Å²) in [5.74, 6) is 1.92. The van der Waals surface area contributed by atoms with Crippen LogP contribution in [0, 0.1) is 11.3 Å². The molecular weight excluding hydrogens is 402 g/mol. The standard InChI is InChI=1S/C24H23N7O/c25-12-16-5-6-26-22(9-16)30-23-11-19(17-1-2-17)10-21(29-23)18-3-4-20(28-13-18)14-31-8-7-27-24(32)15-31/h3-6,9-11,13,17H,1-2,7-8,14-15H2,(H,27,32)(H,26,29,30). The third kappa shape index (κ3) is 4.74. The Bertz CT molecular complexity index is 1180. The lowest BCUT2D eigenvalue weighted by molar-refractivity contribution is -0.124. The Hall–Kier alpha value is -3.83. The molecule has 160 valence electrons. The average Bonchev–Trinajstić information content (AvgIpc) is 3.65. The fraction of sp³-hybridized carbons (Fsp3) is 0.292. The number of carbonyl (C=O) groups excluding carboxylic acids is 1. The highest BCUT2D eigenvalue weighted by atomic mass is 16.2. The van der Waals surface area contributed by atoms with Crippen LogP contribution in [0.25, 0.3) is 11.3 Å². The lowest BCUT2D eigenvalue weighted by Crippen LogP contribution is -2.47. The molecule has 2 fully saturated rings. The molecular formula is C24H23N7O. The molecule has 0 radical (unpaired) electrons. The molecule has 8 nitrogen and oxygen atoms in total. The van der Waals surface area contributed by atoms with Gasteiger partial charge in [0.25, 0.3) is 0 Å². The van der Waals surface area contributed by atoms with Gasteiger partial charge in [-0.15, -0.1) is 0 Å². The van der Waals surface area contributed by atoms with Gasteiger partial charge in [0.1, 0.15) is 11.6 Å². The van der Waals surface area contributed by atoms with Crippen LogP contribution in [-0.2, 0) is 11.3 Å². The summed E-state index contributed by atoms with van der Waals surface area (Å²) in [6, 6.07) is 13.7. The van der Waals surface area contributed by atoms with Gasteiger partial charge in [-0.2, -0.15) is 5.26 Å². The first kappa shape index (κ1) is 20.1. The smallest absolute Gasteiger partial charge is 0.234 e. The molecule has 1 aliphatic heterocycles. The normalized spacial score (nSPS) is 16.3. The van der Waals surface area contributed by atoms with Crippen LogP contribution in [0.3, 0.4) is 0 Å². The van der Waals surface area contributed by atoms with E-state index in [9.17, 15) is 4.79 Å². The lowest BCUT2D eigenvalue weighted by atomic mass is 10.1. The first-order valence-corrected chi connectivity index (χ1v) is 10.8. The summed E-state index contributed by atoms with van der Waals surface area (Å²) in [7, 11) is 0. The fourth-order valence-electron chi connectivity index (χ4n) is 3.84. The number of anilines is 2. The van der Waals surface area contributed by atoms with Gasteiger partial charge in [-0.25, -0.2) is 9.97 Å². The molecule has 0 bridgehead atoms. The van der Waals surface area contributed by atoms with E-state index in [4.69, 9.17) is 10.2 Å². The molecule has 1 amide bonds. The topological polar surface area (TPSA) is 107 Å². The molecule has 0 unspecified atom stereocenters. The van der Waals surface area contributed by atoms with Crippen LogP contribution in [-0.4, -0.2) is 45.4 Å². The Morgan fingerprint density at radius 2 is 2.06 bits per heavy atom. The number of hydrogen-bond acceptors (Lipinski definition) is 7. The number of nitrogens with zero attached hydrogens (tertiary/aromatic N) is 5. The van der Waals surface area contributed by atoms with E-state index in [1.807, 2.05) is 18.3 Å². The molecule has 0 aromatic carbocycles. The monoisotopic (exact) mass is 425 g/mol. The second-order valence-electron chi connectivity index (χ2n) is 8.21. The average molecular weight is 425 g/mol. The number of hydrogen-bond donors (Lipinski definition) is 2. The molecule has 5 rings (SSSR count). The highest BCUT2D eigenvalue weighted by Gasteiger charge is 2.25. The first-order valence-electron chi connectivity index (χ1n) is 10.8. The summed E-state index contributed by atoms with van der Waals surface area (Å²) < 4.78 is 0. The van der Waals surface area contributed by atoms with Crippen molar-refractivity contribution in [3.63, 3.8) is 0 Å². The van der Waals surface area contributed by atoms with Gasteiger partial charge in [0.2, 0.25) is 5.91 Å². The molecule has 1 saturated heterocycles. The zero-order valence-corrected chi connectivity index (χ0v) is 17.6. The van der Waals surface area contributed by atoms with Crippen LogP contribution in [0.15, 0.2) is 48.8 Å². The van der Waals surface area contributed by atoms with E-state index < -0.39 is 0 Å². The van der Waals surface area contributed by atoms with Crippen LogP contribution < -0.4 is 10.6 Å². The summed E-state index contributed by atoms with van der Waals surface area (Å²) in [5, 5.41) is 15.2. The molecule has 1 aliphatic carbocycles. The predicted octanol–water partition coefficient (Wildman–Crippen LogP) is 2.96. The van der Waals surface area contributed by atoms with Crippen molar-refractivity contribution in [2.24, 2.45) is 0 Å². The molecule has 2 N–H and O–H groups in total. The number of carbonyl (C=O) groups is 1. The molecule has 0 atom stereocenters. The number of nitrogens with one attached hydrogen (secondary N) is 2. The third-order valence-electron chi connectivity index (χ3n) is 5.67. The van der Waals surface area contributed by atoms with Crippen molar-refractivity contribution in [3.05, 3.63) is 65.6 Å². The lowest BCUT2D eigenvalue weighted by Gasteiger charge is -2.25. The van der Waals surface area contributed by atoms with Crippen molar-refractivity contribution in [2.45, 2.75) is 25.3 Å². The Labute approximate surface area is 186 Å². The maximum Gasteiger partial charge on any atom is 0.234 e. The van der Waals surface area contributed by atoms with E-state index in [-0.39, 0.29) is 5.91 Å². The van der Waals surface area contributed by atoms with Crippen LogP contribution in [0.5, 0.6) is 0 Å². The highest BCUT2D eigenvalue weighted by Crippen LogP contribution is 2.42. The molecule has 4 heterocycles. The van der Waals surface area contributed by atoms with E-state index in [0.29, 0.717) is 42.8 Å². The van der Waals surface area contributed by atoms with Gasteiger partial charge < -0.3 is 10.6 Å². The largest absolute Gasteiger partial charge is 0.354 e. The second-order valence-corrected chi connectivity index (χ2v) is 8.21. The van der Waals surface area contributed by atoms with E-state index >= 15 is 0 Å². The summed E-state index contributed by atoms with van der Waals surface area (Å²) >= 11 is 0. The molecule has 8 heteroatoms. The van der Waals surface area contributed by atoms with Gasteiger partial charge in [-0.3, -0.25) is 14.7 Å². The first-order chi connectivity index (χ1) is 15.7. The van der Waals surface area contributed by atoms with Crippen LogP contribution >= 0.6 is 0 Å². The highest BCUT2D eigenvalue weighted by molar-refractivity contribution is 5.78. The van der Waals surface area contributed by atoms with Crippen LogP contribution in [0.1, 0.15) is 35.6 Å². The van der Waals surface area contributed by atoms with Crippen LogP contribution in [0.4, 0.5) is 11.6 Å². The van der Waals surface area contributed by atoms with Crippen molar-refractivity contribution in [1.29, 1.82) is 5.26 Å². The molecule has 3 aromatic heterocycles. The number of amides is 1. The summed E-state index contributed by atoms with van der Waals surface area (Å²) in [5.41, 5.74) is 4.52. The van der Waals surface area contributed by atoms with Gasteiger partial charge in [0.05, 0.1) is 29.6 Å². The number of aromatic nitrogens is 3. The summed E-state index contributed by atoms with van der Waals surface area (Å²) in [6.07, 6.45) is 5.83. The number of nitriles is 1. The minimum absolute atomic E-state index is 0.0591. The Kier molecular flexibility index (Phi) is 5.48. The number of rotatable bonds is 6. The van der Waals surface area contributed by atoms with E-state index in [0.717, 1.165) is 23.5 Å². The van der Waals surface area contributed by atoms with E-state index in [1.54, 1.807) is 18.3 Å². The number of pyridine rings is 3. The Morgan fingerprint density at radius 1 is 1.16 bits per heavy atom. The summed E-state index contributed by atoms with van der Waals surface area (Å²) in [4.78, 5) is 27.4. The predicted molar refractivity (Wildman–Crippen MR) is 120 cm³/mol. The van der Waals surface area contributed by atoms with Crippen LogP contribution in [0.2, 0.25) is 0 Å². The zero-order chi connectivity index (χ0) is 21.9. The fourth-order valence-corrected chi connectivity index (χ4v) is 3.84. The minimum atomic E-state index is 0.0591. The van der Waals surface area contributed by atoms with Crippen molar-refractivity contribution >= 4 is 17.5 Å². The quantitative estimate of drug-likeness (QED) is 0.625. The van der Waals surface area contributed by atoms with Gasteiger partial charge >= 0.3 is 0 Å². The molecule has 1 saturated carbocycles. The van der Waals surface area contributed by atoms with Gasteiger partial charge in [-0.1, -0.05) is 0 Å². The van der Waals surface area contributed by atoms with Crippen molar-refractivity contribution in [2.75, 3.05) is 25.0 Å². The Morgan fingerprint density at radius 3 is 2.81 bits per heavy atom. The van der Waals surface area contributed by atoms with E-state index in [2.05, 4.69) is 43.7 Å². The maximum atomic E-state index is 11.6. The third-order valence-corrected chi connectivity index (χ3v) is 5.67. The molecule has 2 aliphatic rings. The van der Waals surface area contributed by atoms with Crippen molar-refractivity contribution in [3.8, 4) is 17.3 Å². The van der Waals surface area contributed by atoms with E-state index in [1.165, 1.54) is 18.4 Å². The van der Waals surface area contributed by atoms with Crippen molar-refractivity contribution < 1.29 is 4.79 Å². The van der Waals surface area contributed by atoms with Crippen molar-refractivity contribution in [1.82, 2.24) is 25.2 Å². The van der Waals surface area contributed by atoms with Gasteiger partial charge in [0, 0.05) is 37.6 Å². The Balaban J connectivity index is 1.37. The number of piperazine rings is 1. The van der Waals surface area contributed by atoms with Gasteiger partial charge in [0.15, 0.2) is 0 Å². The summed E-state index contributed by atoms with van der Waals surface area (Å²) in [6.45, 7) is 2.56. The second kappa shape index (κ2) is 8.73. The molecule has 0 spiro atoms. The molecule has 32 heavy (non-hydrogen) atoms. The minimum Gasteiger partial charge on any atom is -0.354 e.